The van der Waals surface area contributed by atoms with Gasteiger partial charge in [-0.1, -0.05) is 45.9 Å². The van der Waals surface area contributed by atoms with Crippen molar-refractivity contribution < 1.29 is 0 Å². The second-order valence-electron chi connectivity index (χ2n) is 5.73. The highest BCUT2D eigenvalue weighted by molar-refractivity contribution is 5.61. The van der Waals surface area contributed by atoms with Crippen molar-refractivity contribution in [3.8, 4) is 11.3 Å². The molecule has 1 heterocycles. The van der Waals surface area contributed by atoms with Gasteiger partial charge in [-0.05, 0) is 41.2 Å². The Labute approximate surface area is 110 Å². The molecule has 0 atom stereocenters. The number of nitrogens with zero attached hydrogens (tertiary/aromatic N) is 1. The Morgan fingerprint density at radius 1 is 1.06 bits per heavy atom. The molecule has 0 saturated heterocycles. The van der Waals surface area contributed by atoms with Crippen molar-refractivity contribution in [3.63, 3.8) is 0 Å². The molecule has 0 aliphatic carbocycles. The van der Waals surface area contributed by atoms with Crippen molar-refractivity contribution in [2.45, 2.75) is 39.5 Å². The lowest BCUT2D eigenvalue weighted by Crippen LogP contribution is -2.11. The summed E-state index contributed by atoms with van der Waals surface area (Å²) in [5, 5.41) is 0. The highest BCUT2D eigenvalue weighted by atomic mass is 14.7. The monoisotopic (exact) mass is 239 g/mol. The Kier molecular flexibility index (Phi) is 3.51. The number of aromatic nitrogens is 1. The van der Waals surface area contributed by atoms with Gasteiger partial charge in [-0.3, -0.25) is 4.98 Å². The summed E-state index contributed by atoms with van der Waals surface area (Å²) in [7, 11) is 0. The topological polar surface area (TPSA) is 12.9 Å². The van der Waals surface area contributed by atoms with E-state index in [-0.39, 0.29) is 5.41 Å². The molecule has 0 bridgehead atoms. The predicted octanol–water partition coefficient (Wildman–Crippen LogP) is 4.61. The Hall–Kier alpha value is -1.63. The standard InChI is InChI=1S/C17H21N/c1-5-13-7-6-8-14(11-13)16-12-15(9-10-18-16)17(2,3)4/h6-12H,5H2,1-4H3. The Morgan fingerprint density at radius 3 is 2.50 bits per heavy atom. The van der Waals surface area contributed by atoms with Crippen LogP contribution in [0.3, 0.4) is 0 Å². The minimum Gasteiger partial charge on any atom is -0.256 e. The highest BCUT2D eigenvalue weighted by Gasteiger charge is 2.14. The van der Waals surface area contributed by atoms with Gasteiger partial charge in [0.25, 0.3) is 0 Å². The van der Waals surface area contributed by atoms with E-state index in [1.807, 2.05) is 6.20 Å². The first-order valence-electron chi connectivity index (χ1n) is 6.56. The maximum absolute atomic E-state index is 4.50. The molecule has 0 saturated carbocycles. The number of pyridine rings is 1. The number of rotatable bonds is 2. The molecule has 0 spiro atoms. The van der Waals surface area contributed by atoms with Crippen LogP contribution in [0.2, 0.25) is 0 Å². The number of benzene rings is 1. The lowest BCUT2D eigenvalue weighted by Gasteiger charge is -2.19. The van der Waals surface area contributed by atoms with E-state index in [9.17, 15) is 0 Å². The summed E-state index contributed by atoms with van der Waals surface area (Å²) < 4.78 is 0. The lowest BCUT2D eigenvalue weighted by molar-refractivity contribution is 0.589. The van der Waals surface area contributed by atoms with Gasteiger partial charge in [0.15, 0.2) is 0 Å². The van der Waals surface area contributed by atoms with Crippen LogP contribution in [0.25, 0.3) is 11.3 Å². The van der Waals surface area contributed by atoms with Crippen LogP contribution in [0.4, 0.5) is 0 Å². The average molecular weight is 239 g/mol. The molecule has 0 radical (unpaired) electrons. The van der Waals surface area contributed by atoms with Crippen LogP contribution in [0.1, 0.15) is 38.8 Å². The van der Waals surface area contributed by atoms with Crippen LogP contribution in [-0.4, -0.2) is 4.98 Å². The van der Waals surface area contributed by atoms with Crippen LogP contribution in [-0.2, 0) is 11.8 Å². The summed E-state index contributed by atoms with van der Waals surface area (Å²) in [6, 6.07) is 12.9. The molecular weight excluding hydrogens is 218 g/mol. The molecule has 1 aromatic heterocycles. The molecule has 18 heavy (non-hydrogen) atoms. The van der Waals surface area contributed by atoms with Gasteiger partial charge in [0, 0.05) is 11.8 Å². The third kappa shape index (κ3) is 2.79. The molecule has 0 amide bonds. The Morgan fingerprint density at radius 2 is 1.83 bits per heavy atom. The Balaban J connectivity index is 2.44. The third-order valence-corrected chi connectivity index (χ3v) is 3.26. The van der Waals surface area contributed by atoms with Gasteiger partial charge < -0.3 is 0 Å². The zero-order valence-corrected chi connectivity index (χ0v) is 11.7. The van der Waals surface area contributed by atoms with Gasteiger partial charge in [-0.15, -0.1) is 0 Å². The van der Waals surface area contributed by atoms with Gasteiger partial charge in [0.2, 0.25) is 0 Å². The normalized spacial score (nSPS) is 11.6. The molecule has 1 heteroatoms. The van der Waals surface area contributed by atoms with Crippen LogP contribution in [0.15, 0.2) is 42.6 Å². The van der Waals surface area contributed by atoms with Gasteiger partial charge in [-0.2, -0.15) is 0 Å². The van der Waals surface area contributed by atoms with Crippen molar-refractivity contribution in [1.82, 2.24) is 4.98 Å². The molecular formula is C17H21N. The van der Waals surface area contributed by atoms with E-state index in [2.05, 4.69) is 69.1 Å². The highest BCUT2D eigenvalue weighted by Crippen LogP contribution is 2.26. The van der Waals surface area contributed by atoms with Crippen molar-refractivity contribution >= 4 is 0 Å². The Bertz CT molecular complexity index is 535. The van der Waals surface area contributed by atoms with Crippen LogP contribution >= 0.6 is 0 Å². The fourth-order valence-electron chi connectivity index (χ4n) is 2.01. The van der Waals surface area contributed by atoms with E-state index in [4.69, 9.17) is 0 Å². The van der Waals surface area contributed by atoms with Crippen LogP contribution < -0.4 is 0 Å². The molecule has 0 unspecified atom stereocenters. The largest absolute Gasteiger partial charge is 0.256 e. The first kappa shape index (κ1) is 12.8. The quantitative estimate of drug-likeness (QED) is 0.746. The smallest absolute Gasteiger partial charge is 0.0704 e. The second kappa shape index (κ2) is 4.93. The van der Waals surface area contributed by atoms with Crippen molar-refractivity contribution in [2.24, 2.45) is 0 Å². The van der Waals surface area contributed by atoms with Gasteiger partial charge in [0.1, 0.15) is 0 Å². The molecule has 94 valence electrons. The maximum Gasteiger partial charge on any atom is 0.0704 e. The number of hydrogen-bond donors (Lipinski definition) is 0. The summed E-state index contributed by atoms with van der Waals surface area (Å²) in [5.74, 6) is 0. The van der Waals surface area contributed by atoms with Gasteiger partial charge in [-0.25, -0.2) is 0 Å². The van der Waals surface area contributed by atoms with E-state index < -0.39 is 0 Å². The first-order chi connectivity index (χ1) is 8.50. The minimum atomic E-state index is 0.167. The average Bonchev–Trinajstić information content (AvgIpc) is 2.38. The van der Waals surface area contributed by atoms with E-state index >= 15 is 0 Å². The molecule has 1 nitrogen and oxygen atoms in total. The van der Waals surface area contributed by atoms with Gasteiger partial charge >= 0.3 is 0 Å². The van der Waals surface area contributed by atoms with E-state index in [1.165, 1.54) is 16.7 Å². The van der Waals surface area contributed by atoms with Crippen LogP contribution in [0, 0.1) is 0 Å². The SMILES string of the molecule is CCc1cccc(-c2cc(C(C)(C)C)ccn2)c1. The molecule has 0 fully saturated rings. The molecule has 0 aliphatic heterocycles. The zero-order valence-electron chi connectivity index (χ0n) is 11.7. The summed E-state index contributed by atoms with van der Waals surface area (Å²) in [4.78, 5) is 4.50. The predicted molar refractivity (Wildman–Crippen MR) is 77.8 cm³/mol. The molecule has 0 N–H and O–H groups in total. The van der Waals surface area contributed by atoms with Crippen molar-refractivity contribution in [2.75, 3.05) is 0 Å². The molecule has 1 aromatic carbocycles. The summed E-state index contributed by atoms with van der Waals surface area (Å²) >= 11 is 0. The molecule has 0 aliphatic rings. The van der Waals surface area contributed by atoms with Crippen molar-refractivity contribution in [1.29, 1.82) is 0 Å². The second-order valence-corrected chi connectivity index (χ2v) is 5.73. The molecule has 2 rings (SSSR count). The van der Waals surface area contributed by atoms with E-state index in [0.717, 1.165) is 12.1 Å². The summed E-state index contributed by atoms with van der Waals surface area (Å²) in [6.45, 7) is 8.87. The fraction of sp³-hybridized carbons (Fsp3) is 0.353. The number of aryl methyl sites for hydroxylation is 1. The first-order valence-corrected chi connectivity index (χ1v) is 6.56. The maximum atomic E-state index is 4.50. The zero-order chi connectivity index (χ0) is 13.2. The van der Waals surface area contributed by atoms with Crippen LogP contribution in [0.5, 0.6) is 0 Å². The van der Waals surface area contributed by atoms with Gasteiger partial charge in [0.05, 0.1) is 5.69 Å². The fourth-order valence-corrected chi connectivity index (χ4v) is 2.01. The third-order valence-electron chi connectivity index (χ3n) is 3.26. The lowest BCUT2D eigenvalue weighted by atomic mass is 9.87. The molecule has 2 aromatic rings. The minimum absolute atomic E-state index is 0.167. The summed E-state index contributed by atoms with van der Waals surface area (Å²) in [6.07, 6.45) is 2.97. The van der Waals surface area contributed by atoms with E-state index in [0.29, 0.717) is 0 Å². The number of hydrogen-bond acceptors (Lipinski definition) is 1. The van der Waals surface area contributed by atoms with Crippen molar-refractivity contribution in [3.05, 3.63) is 53.7 Å². The van der Waals surface area contributed by atoms with E-state index in [1.54, 1.807) is 0 Å². The summed E-state index contributed by atoms with van der Waals surface area (Å²) in [5.41, 5.74) is 5.13.